The second-order valence-electron chi connectivity index (χ2n) is 10.4. The molecule has 0 fully saturated rings. The Morgan fingerprint density at radius 3 is 2.49 bits per heavy atom. The van der Waals surface area contributed by atoms with Crippen molar-refractivity contribution in [3.05, 3.63) is 125 Å². The molecule has 200 valence electrons. The van der Waals surface area contributed by atoms with E-state index in [1.807, 2.05) is 19.9 Å². The van der Waals surface area contributed by atoms with E-state index in [-0.39, 0.29) is 10.7 Å². The topological polar surface area (TPSA) is 0 Å². The molecule has 0 nitrogen and oxygen atoms in total. The molecule has 2 aliphatic rings. The van der Waals surface area contributed by atoms with Crippen LogP contribution in [0.1, 0.15) is 59.4 Å². The van der Waals surface area contributed by atoms with Gasteiger partial charge in [0.25, 0.3) is 0 Å². The van der Waals surface area contributed by atoms with Crippen molar-refractivity contribution in [2.75, 3.05) is 0 Å². The first kappa shape index (κ1) is 30.8. The quantitative estimate of drug-likeness (QED) is 0.120. The predicted octanol–water partition coefficient (Wildman–Crippen LogP) is 10.4. The number of thiocarbonyl (C=S) groups is 2. The molecular formula is C36H38S3. The lowest BCUT2D eigenvalue weighted by molar-refractivity contribution is 0.638. The van der Waals surface area contributed by atoms with E-state index in [9.17, 15) is 0 Å². The highest BCUT2D eigenvalue weighted by Crippen LogP contribution is 2.36. The lowest BCUT2D eigenvalue weighted by Gasteiger charge is -2.27. The molecule has 2 aliphatic carbocycles. The van der Waals surface area contributed by atoms with Crippen molar-refractivity contribution in [1.82, 2.24) is 0 Å². The number of rotatable bonds is 10. The zero-order valence-corrected chi connectivity index (χ0v) is 26.2. The van der Waals surface area contributed by atoms with Gasteiger partial charge in [0, 0.05) is 26.5 Å². The summed E-state index contributed by atoms with van der Waals surface area (Å²) in [5.41, 5.74) is 7.33. The summed E-state index contributed by atoms with van der Waals surface area (Å²) in [6, 6.07) is 8.96. The van der Waals surface area contributed by atoms with Crippen molar-refractivity contribution in [1.29, 1.82) is 0 Å². The van der Waals surface area contributed by atoms with Crippen LogP contribution in [0.3, 0.4) is 0 Å². The van der Waals surface area contributed by atoms with E-state index in [2.05, 4.69) is 118 Å². The molecule has 0 saturated heterocycles. The minimum atomic E-state index is -0.106. The van der Waals surface area contributed by atoms with Gasteiger partial charge in [0.15, 0.2) is 0 Å². The maximum atomic E-state index is 5.36. The van der Waals surface area contributed by atoms with Gasteiger partial charge in [-0.25, -0.2) is 0 Å². The van der Waals surface area contributed by atoms with Gasteiger partial charge < -0.3 is 0 Å². The van der Waals surface area contributed by atoms with Gasteiger partial charge in [-0.2, -0.15) is 0 Å². The molecule has 0 bridgehead atoms. The molecule has 1 unspecified atom stereocenters. The first-order chi connectivity index (χ1) is 18.6. The lowest BCUT2D eigenvalue weighted by Crippen LogP contribution is -2.19. The Morgan fingerprint density at radius 1 is 1.08 bits per heavy atom. The van der Waals surface area contributed by atoms with Crippen LogP contribution in [0.25, 0.3) is 0 Å². The SMILES string of the molecule is C=C/C(=C\C=C(/C)CC1=CC=C(C(C)(C)c2ccc(SC3C#CC/C=C(C(C)=S)\C=C/3)cc2)C=CC1)C(C)=S. The van der Waals surface area contributed by atoms with E-state index in [4.69, 9.17) is 24.4 Å². The molecule has 0 aliphatic heterocycles. The molecule has 3 rings (SSSR count). The molecule has 0 amide bonds. The van der Waals surface area contributed by atoms with Gasteiger partial charge in [-0.1, -0.05) is 141 Å². The van der Waals surface area contributed by atoms with Crippen LogP contribution >= 0.6 is 36.2 Å². The molecule has 0 saturated carbocycles. The van der Waals surface area contributed by atoms with E-state index in [1.54, 1.807) is 11.8 Å². The molecule has 39 heavy (non-hydrogen) atoms. The van der Waals surface area contributed by atoms with Crippen LogP contribution in [0.4, 0.5) is 0 Å². The fraction of sp³-hybridized carbons (Fsp3) is 0.278. The first-order valence-electron chi connectivity index (χ1n) is 13.3. The smallest absolute Gasteiger partial charge is 0.0887 e. The highest BCUT2D eigenvalue weighted by molar-refractivity contribution is 8.00. The zero-order chi connectivity index (χ0) is 28.4. The van der Waals surface area contributed by atoms with Crippen LogP contribution in [-0.4, -0.2) is 15.0 Å². The molecule has 1 aromatic rings. The fourth-order valence-electron chi connectivity index (χ4n) is 4.42. The van der Waals surface area contributed by atoms with Crippen LogP contribution in [0, 0.1) is 11.8 Å². The van der Waals surface area contributed by atoms with Crippen LogP contribution in [0.15, 0.2) is 124 Å². The zero-order valence-electron chi connectivity index (χ0n) is 23.7. The summed E-state index contributed by atoms with van der Waals surface area (Å²) >= 11 is 12.4. The monoisotopic (exact) mass is 566 g/mol. The van der Waals surface area contributed by atoms with E-state index >= 15 is 0 Å². The largest absolute Gasteiger partial charge is 0.105 e. The number of hydrogen-bond acceptors (Lipinski definition) is 3. The summed E-state index contributed by atoms with van der Waals surface area (Å²) < 4.78 is 0. The number of allylic oxidation sites excluding steroid dienone is 14. The summed E-state index contributed by atoms with van der Waals surface area (Å²) in [4.78, 5) is 3.00. The molecular weight excluding hydrogens is 529 g/mol. The van der Waals surface area contributed by atoms with Gasteiger partial charge in [0.05, 0.1) is 5.25 Å². The molecule has 0 N–H and O–H groups in total. The maximum absolute atomic E-state index is 5.36. The number of benzene rings is 1. The highest BCUT2D eigenvalue weighted by atomic mass is 32.2. The van der Waals surface area contributed by atoms with Crippen molar-refractivity contribution >= 4 is 45.9 Å². The second kappa shape index (κ2) is 14.6. The maximum Gasteiger partial charge on any atom is 0.0887 e. The average molecular weight is 567 g/mol. The molecule has 1 atom stereocenters. The minimum Gasteiger partial charge on any atom is -0.105 e. The van der Waals surface area contributed by atoms with Gasteiger partial charge in [-0.3, -0.25) is 0 Å². The summed E-state index contributed by atoms with van der Waals surface area (Å²) in [5.74, 6) is 6.64. The third kappa shape index (κ3) is 9.14. The summed E-state index contributed by atoms with van der Waals surface area (Å²) in [5, 5.41) is 0.118. The Labute approximate surface area is 251 Å². The summed E-state index contributed by atoms with van der Waals surface area (Å²) in [7, 11) is 0. The standard InChI is InChI=1S/C36H38S3/c1-7-30(27(3)37)17-15-26(2)25-29-11-10-13-32(19-16-29)36(5,6)33-20-23-35(24-21-33)39-34-14-9-8-12-31(18-22-34)28(4)38/h7,10,12-13,15-24,34H,1,8,11,25H2,2-6H3/b22-18-,26-15+,30-17+,31-12+. The van der Waals surface area contributed by atoms with Crippen molar-refractivity contribution in [2.24, 2.45) is 0 Å². The van der Waals surface area contributed by atoms with E-state index in [0.29, 0.717) is 0 Å². The van der Waals surface area contributed by atoms with Gasteiger partial charge in [-0.15, -0.1) is 11.8 Å². The van der Waals surface area contributed by atoms with Crippen LogP contribution < -0.4 is 0 Å². The van der Waals surface area contributed by atoms with Gasteiger partial charge in [0.1, 0.15) is 0 Å². The van der Waals surface area contributed by atoms with Crippen molar-refractivity contribution in [3.63, 3.8) is 0 Å². The van der Waals surface area contributed by atoms with Crippen LogP contribution in [0.2, 0.25) is 0 Å². The van der Waals surface area contributed by atoms with Crippen molar-refractivity contribution < 1.29 is 0 Å². The molecule has 0 heterocycles. The van der Waals surface area contributed by atoms with Crippen LogP contribution in [0.5, 0.6) is 0 Å². The van der Waals surface area contributed by atoms with E-state index < -0.39 is 0 Å². The molecule has 0 aromatic heterocycles. The van der Waals surface area contributed by atoms with Crippen LogP contribution in [-0.2, 0) is 5.41 Å². The minimum absolute atomic E-state index is 0.106. The third-order valence-corrected chi connectivity index (χ3v) is 8.49. The fourth-order valence-corrected chi connectivity index (χ4v) is 5.60. The van der Waals surface area contributed by atoms with Gasteiger partial charge >= 0.3 is 0 Å². The lowest BCUT2D eigenvalue weighted by atomic mass is 9.77. The van der Waals surface area contributed by atoms with E-state index in [1.165, 1.54) is 27.2 Å². The highest BCUT2D eigenvalue weighted by Gasteiger charge is 2.24. The second-order valence-corrected chi connectivity index (χ2v) is 12.9. The molecule has 0 radical (unpaired) electrons. The number of thioether (sulfide) groups is 1. The molecule has 0 spiro atoms. The average Bonchev–Trinajstić information content (AvgIpc) is 3.12. The van der Waals surface area contributed by atoms with Gasteiger partial charge in [0.2, 0.25) is 0 Å². The Balaban J connectivity index is 1.72. The summed E-state index contributed by atoms with van der Waals surface area (Å²) in [6.07, 6.45) is 24.2. The Kier molecular flexibility index (Phi) is 11.5. The van der Waals surface area contributed by atoms with Crippen molar-refractivity contribution in [2.45, 2.75) is 69.4 Å². The number of hydrogen-bond donors (Lipinski definition) is 0. The van der Waals surface area contributed by atoms with Gasteiger partial charge in [-0.05, 0) is 68.0 Å². The van der Waals surface area contributed by atoms with Crippen molar-refractivity contribution in [3.8, 4) is 11.8 Å². The van der Waals surface area contributed by atoms with E-state index in [0.717, 1.165) is 40.1 Å². The molecule has 1 aromatic carbocycles. The first-order valence-corrected chi connectivity index (χ1v) is 15.0. The molecule has 3 heteroatoms. The Bertz CT molecular complexity index is 1390. The Hall–Kier alpha value is -2.77. The normalized spacial score (nSPS) is 20.1. The predicted molar refractivity (Wildman–Crippen MR) is 182 cm³/mol. The summed E-state index contributed by atoms with van der Waals surface area (Å²) in [6.45, 7) is 14.5. The third-order valence-electron chi connectivity index (χ3n) is 6.94. The Morgan fingerprint density at radius 2 is 1.82 bits per heavy atom.